The molecular formula is C21H28N2OS2. The molecule has 2 aromatic carbocycles. The van der Waals surface area contributed by atoms with Crippen LogP contribution in [-0.4, -0.2) is 34.8 Å². The summed E-state index contributed by atoms with van der Waals surface area (Å²) in [5.74, 6) is 2.00. The van der Waals surface area contributed by atoms with Crippen LogP contribution in [0, 0.1) is 0 Å². The van der Waals surface area contributed by atoms with Gasteiger partial charge in [-0.05, 0) is 59.3 Å². The average Bonchev–Trinajstić information content (AvgIpc) is 2.68. The molecule has 3 nitrogen and oxygen atoms in total. The molecule has 26 heavy (non-hydrogen) atoms. The second-order valence-corrected chi connectivity index (χ2v) is 8.57. The Bertz CT molecular complexity index is 681. The monoisotopic (exact) mass is 388 g/mol. The predicted molar refractivity (Wildman–Crippen MR) is 113 cm³/mol. The Hall–Kier alpha value is -1.14. The second-order valence-electron chi connectivity index (χ2n) is 6.23. The average molecular weight is 389 g/mol. The highest BCUT2D eigenvalue weighted by Crippen LogP contribution is 2.40. The van der Waals surface area contributed by atoms with E-state index in [2.05, 4.69) is 72.7 Å². The first-order valence-electron chi connectivity index (χ1n) is 9.46. The van der Waals surface area contributed by atoms with Gasteiger partial charge in [-0.1, -0.05) is 39.8 Å². The van der Waals surface area contributed by atoms with Gasteiger partial charge >= 0.3 is 0 Å². The lowest BCUT2D eigenvalue weighted by molar-refractivity contribution is 0.456. The van der Waals surface area contributed by atoms with Gasteiger partial charge in [0, 0.05) is 42.4 Å². The maximum Gasteiger partial charge on any atom is 0.132 e. The van der Waals surface area contributed by atoms with Gasteiger partial charge in [0.2, 0.25) is 0 Å². The van der Waals surface area contributed by atoms with Gasteiger partial charge in [-0.3, -0.25) is 0 Å². The van der Waals surface area contributed by atoms with E-state index in [1.165, 1.54) is 20.9 Å². The van der Waals surface area contributed by atoms with Crippen LogP contribution in [0.15, 0.2) is 46.2 Å². The summed E-state index contributed by atoms with van der Waals surface area (Å²) in [7, 11) is 0. The molecule has 0 spiro atoms. The Labute approximate surface area is 166 Å². The highest BCUT2D eigenvalue weighted by atomic mass is 32.2. The Morgan fingerprint density at radius 2 is 1.15 bits per heavy atom. The highest BCUT2D eigenvalue weighted by molar-refractivity contribution is 7.97. The standard InChI is InChI=1S/C21H28N2OS2/c1-5-22(6-2)25-18-11-9-16-13-17-10-12-19(26-23(7-3)8-4)15-21(17)24-20(16)14-18/h9-12,14-15H,5-8,13H2,1-4H3. The topological polar surface area (TPSA) is 15.7 Å². The Morgan fingerprint density at radius 1 is 0.731 bits per heavy atom. The fourth-order valence-corrected chi connectivity index (χ4v) is 4.68. The fourth-order valence-electron chi connectivity index (χ4n) is 2.99. The quantitative estimate of drug-likeness (QED) is 0.433. The third-order valence-corrected chi connectivity index (χ3v) is 7.04. The molecule has 0 saturated heterocycles. The summed E-state index contributed by atoms with van der Waals surface area (Å²) in [5.41, 5.74) is 2.54. The van der Waals surface area contributed by atoms with E-state index in [-0.39, 0.29) is 0 Å². The molecule has 1 heterocycles. The van der Waals surface area contributed by atoms with Crippen LogP contribution >= 0.6 is 23.9 Å². The molecule has 1 aliphatic heterocycles. The third kappa shape index (κ3) is 4.58. The lowest BCUT2D eigenvalue weighted by atomic mass is 10.0. The van der Waals surface area contributed by atoms with E-state index in [0.717, 1.165) is 44.1 Å². The Morgan fingerprint density at radius 3 is 1.54 bits per heavy atom. The number of benzene rings is 2. The van der Waals surface area contributed by atoms with Crippen molar-refractivity contribution in [2.24, 2.45) is 0 Å². The summed E-state index contributed by atoms with van der Waals surface area (Å²) in [6.07, 6.45) is 0.942. The van der Waals surface area contributed by atoms with Crippen molar-refractivity contribution in [1.82, 2.24) is 8.61 Å². The largest absolute Gasteiger partial charge is 0.457 e. The molecule has 0 amide bonds. The van der Waals surface area contributed by atoms with Gasteiger partial charge in [0.05, 0.1) is 0 Å². The minimum atomic E-state index is 0.942. The molecule has 5 heteroatoms. The zero-order valence-corrected chi connectivity index (χ0v) is 17.8. The molecular weight excluding hydrogens is 360 g/mol. The van der Waals surface area contributed by atoms with E-state index in [4.69, 9.17) is 4.74 Å². The molecule has 140 valence electrons. The van der Waals surface area contributed by atoms with Gasteiger partial charge in [-0.2, -0.15) is 0 Å². The van der Waals surface area contributed by atoms with Crippen molar-refractivity contribution >= 4 is 23.9 Å². The van der Waals surface area contributed by atoms with Crippen LogP contribution in [0.25, 0.3) is 0 Å². The SMILES string of the molecule is CCN(CC)Sc1ccc2c(c1)Oc1cc(SN(CC)CC)ccc1C2. The molecule has 0 aliphatic carbocycles. The van der Waals surface area contributed by atoms with Crippen molar-refractivity contribution < 1.29 is 4.74 Å². The van der Waals surface area contributed by atoms with Gasteiger partial charge < -0.3 is 4.74 Å². The second kappa shape index (κ2) is 9.18. The molecule has 0 N–H and O–H groups in total. The van der Waals surface area contributed by atoms with Crippen LogP contribution in [0.4, 0.5) is 0 Å². The fraction of sp³-hybridized carbons (Fsp3) is 0.429. The summed E-state index contributed by atoms with van der Waals surface area (Å²) in [6.45, 7) is 12.9. The van der Waals surface area contributed by atoms with Gasteiger partial charge in [0.1, 0.15) is 11.5 Å². The molecule has 0 unspecified atom stereocenters. The van der Waals surface area contributed by atoms with Gasteiger partial charge in [0.25, 0.3) is 0 Å². The van der Waals surface area contributed by atoms with E-state index < -0.39 is 0 Å². The van der Waals surface area contributed by atoms with Crippen LogP contribution in [0.5, 0.6) is 11.5 Å². The molecule has 0 radical (unpaired) electrons. The summed E-state index contributed by atoms with van der Waals surface area (Å²) in [6, 6.07) is 13.2. The number of fused-ring (bicyclic) bond motifs is 2. The molecule has 2 aromatic rings. The first-order valence-corrected chi connectivity index (χ1v) is 11.0. The molecule has 0 fully saturated rings. The van der Waals surface area contributed by atoms with Crippen LogP contribution in [0.2, 0.25) is 0 Å². The number of ether oxygens (including phenoxy) is 1. The minimum Gasteiger partial charge on any atom is -0.457 e. The normalized spacial score (nSPS) is 12.8. The van der Waals surface area contributed by atoms with E-state index >= 15 is 0 Å². The van der Waals surface area contributed by atoms with Gasteiger partial charge in [-0.25, -0.2) is 8.61 Å². The van der Waals surface area contributed by atoms with Gasteiger partial charge in [-0.15, -0.1) is 0 Å². The maximum absolute atomic E-state index is 6.29. The number of nitrogens with zero attached hydrogens (tertiary/aromatic N) is 2. The summed E-state index contributed by atoms with van der Waals surface area (Å²) in [4.78, 5) is 2.48. The smallest absolute Gasteiger partial charge is 0.132 e. The third-order valence-electron chi connectivity index (χ3n) is 4.56. The number of hydrogen-bond donors (Lipinski definition) is 0. The zero-order valence-electron chi connectivity index (χ0n) is 16.1. The number of rotatable bonds is 8. The predicted octanol–water partition coefficient (Wildman–Crippen LogP) is 6.08. The highest BCUT2D eigenvalue weighted by Gasteiger charge is 2.19. The minimum absolute atomic E-state index is 0.942. The first-order chi connectivity index (χ1) is 12.7. The molecule has 0 saturated carbocycles. The van der Waals surface area contributed by atoms with Crippen LogP contribution in [0.3, 0.4) is 0 Å². The van der Waals surface area contributed by atoms with E-state index in [0.29, 0.717) is 0 Å². The Balaban J connectivity index is 1.78. The maximum atomic E-state index is 6.29. The summed E-state index contributed by atoms with van der Waals surface area (Å²) in [5, 5.41) is 0. The molecule has 3 rings (SSSR count). The lowest BCUT2D eigenvalue weighted by Gasteiger charge is -2.23. The first kappa shape index (κ1) is 19.6. The van der Waals surface area contributed by atoms with Crippen LogP contribution in [0.1, 0.15) is 38.8 Å². The van der Waals surface area contributed by atoms with Crippen LogP contribution in [-0.2, 0) is 6.42 Å². The zero-order chi connectivity index (χ0) is 18.5. The van der Waals surface area contributed by atoms with Crippen molar-refractivity contribution in [1.29, 1.82) is 0 Å². The van der Waals surface area contributed by atoms with Crippen molar-refractivity contribution in [3.63, 3.8) is 0 Å². The molecule has 0 atom stereocenters. The van der Waals surface area contributed by atoms with Crippen molar-refractivity contribution in [2.45, 2.75) is 43.9 Å². The van der Waals surface area contributed by atoms with E-state index in [1.54, 1.807) is 23.9 Å². The summed E-state index contributed by atoms with van der Waals surface area (Å²) < 4.78 is 11.0. The van der Waals surface area contributed by atoms with Crippen LogP contribution < -0.4 is 4.74 Å². The summed E-state index contributed by atoms with van der Waals surface area (Å²) >= 11 is 3.61. The van der Waals surface area contributed by atoms with E-state index in [1.807, 2.05) is 0 Å². The van der Waals surface area contributed by atoms with Crippen molar-refractivity contribution in [2.75, 3.05) is 26.2 Å². The van der Waals surface area contributed by atoms with Crippen molar-refractivity contribution in [3.8, 4) is 11.5 Å². The molecule has 0 bridgehead atoms. The molecule has 1 aliphatic rings. The number of hydrogen-bond acceptors (Lipinski definition) is 5. The lowest BCUT2D eigenvalue weighted by Crippen LogP contribution is -2.14. The van der Waals surface area contributed by atoms with E-state index in [9.17, 15) is 0 Å². The molecule has 0 aromatic heterocycles. The Kier molecular flexibility index (Phi) is 6.92. The van der Waals surface area contributed by atoms with Gasteiger partial charge in [0.15, 0.2) is 0 Å². The van der Waals surface area contributed by atoms with Crippen molar-refractivity contribution in [3.05, 3.63) is 47.5 Å².